The molecule has 0 heterocycles. The lowest BCUT2D eigenvalue weighted by molar-refractivity contribution is -0.130. The number of Topliss-reactive ketones (excluding diaryl/α,β-unsaturated/α-hetero) is 2. The Morgan fingerprint density at radius 1 is 1.03 bits per heavy atom. The van der Waals surface area contributed by atoms with Gasteiger partial charge in [0.15, 0.2) is 11.6 Å². The van der Waals surface area contributed by atoms with Crippen LogP contribution < -0.4 is 10.6 Å². The molecule has 1 amide bonds. The topological polar surface area (TPSA) is 156 Å². The number of nitroso groups, excluding NO2 is 2. The van der Waals surface area contributed by atoms with Crippen LogP contribution in [0, 0.1) is 9.81 Å². The Kier molecular flexibility index (Phi) is 16.1. The Hall–Kier alpha value is -2.93. The summed E-state index contributed by atoms with van der Waals surface area (Å²) in [5, 5.41) is 12.6. The van der Waals surface area contributed by atoms with Crippen LogP contribution in [0.15, 0.2) is 34.7 Å². The number of ether oxygens (including phenoxy) is 2. The fourth-order valence-corrected chi connectivity index (χ4v) is 3.80. The molecule has 2 N–H and O–H groups in total. The van der Waals surface area contributed by atoms with Gasteiger partial charge in [-0.2, -0.15) is 0 Å². The molecule has 1 aromatic rings. The van der Waals surface area contributed by atoms with E-state index in [1.807, 2.05) is 26.1 Å². The van der Waals surface area contributed by atoms with Crippen molar-refractivity contribution >= 4 is 17.5 Å². The van der Waals surface area contributed by atoms with Crippen molar-refractivity contribution in [1.29, 1.82) is 0 Å². The van der Waals surface area contributed by atoms with Crippen molar-refractivity contribution in [1.82, 2.24) is 15.6 Å². The minimum absolute atomic E-state index is 0.119. The van der Waals surface area contributed by atoms with Gasteiger partial charge >= 0.3 is 5.91 Å². The number of amides is 1. The summed E-state index contributed by atoms with van der Waals surface area (Å²) in [4.78, 5) is 59.3. The molecule has 12 heteroatoms. The highest BCUT2D eigenvalue weighted by molar-refractivity contribution is 5.99. The Morgan fingerprint density at radius 2 is 1.69 bits per heavy atom. The molecule has 2 atom stereocenters. The van der Waals surface area contributed by atoms with E-state index < -0.39 is 23.5 Å². The Balaban J connectivity index is 2.39. The first-order valence-corrected chi connectivity index (χ1v) is 13.3. The van der Waals surface area contributed by atoms with Gasteiger partial charge in [0, 0.05) is 10.7 Å². The molecule has 0 aliphatic rings. The number of hydrogen-bond donors (Lipinski definition) is 2. The zero-order valence-electron chi connectivity index (χ0n) is 23.7. The molecule has 0 aliphatic carbocycles. The summed E-state index contributed by atoms with van der Waals surface area (Å²) < 4.78 is 10.9. The highest BCUT2D eigenvalue weighted by atomic mass is 16.5. The molecule has 0 radical (unpaired) electrons. The van der Waals surface area contributed by atoms with E-state index in [4.69, 9.17) is 9.47 Å². The standard InChI is InChI=1S/C27H43N5O7/c1-6-21-10-12-22(13-11-21)25(34)20(2)32(31-37)15-16-38-17-18-39-19-24(33)27(3,4)29-23(26(35)30-36)9-7-8-14-28-5/h10-13,20,23,28-29H,6-9,14-19H2,1-5H3. The molecular formula is C27H43N5O7. The summed E-state index contributed by atoms with van der Waals surface area (Å²) in [7, 11) is 1.83. The predicted octanol–water partition coefficient (Wildman–Crippen LogP) is 2.83. The third-order valence-corrected chi connectivity index (χ3v) is 6.44. The lowest BCUT2D eigenvalue weighted by Gasteiger charge is -2.28. The summed E-state index contributed by atoms with van der Waals surface area (Å²) in [6, 6.07) is 5.67. The number of ketones is 2. The number of hydrogen-bond acceptors (Lipinski definition) is 10. The van der Waals surface area contributed by atoms with Gasteiger partial charge in [0.25, 0.3) is 0 Å². The van der Waals surface area contributed by atoms with E-state index in [2.05, 4.69) is 21.1 Å². The van der Waals surface area contributed by atoms with Gasteiger partial charge in [0.2, 0.25) is 0 Å². The van der Waals surface area contributed by atoms with Crippen molar-refractivity contribution in [3.05, 3.63) is 45.2 Å². The van der Waals surface area contributed by atoms with Crippen LogP contribution in [0.25, 0.3) is 0 Å². The number of carbonyl (C=O) groups is 3. The Labute approximate surface area is 230 Å². The summed E-state index contributed by atoms with van der Waals surface area (Å²) >= 11 is 0. The van der Waals surface area contributed by atoms with Crippen LogP contribution in [-0.4, -0.2) is 86.7 Å². The SMILES string of the molecule is CCc1ccc(C(=O)C(C)N(CCOCCOCC(=O)C(C)(C)NC(CCCCNC)C(=O)N=O)N=O)cc1. The largest absolute Gasteiger partial charge is 0.377 e. The van der Waals surface area contributed by atoms with E-state index in [9.17, 15) is 24.2 Å². The van der Waals surface area contributed by atoms with E-state index in [0.29, 0.717) is 18.4 Å². The van der Waals surface area contributed by atoms with Crippen molar-refractivity contribution in [3.63, 3.8) is 0 Å². The van der Waals surface area contributed by atoms with Crippen molar-refractivity contribution in [2.24, 2.45) is 10.5 Å². The highest BCUT2D eigenvalue weighted by Gasteiger charge is 2.33. The number of aryl methyl sites for hydroxylation is 1. The van der Waals surface area contributed by atoms with Crippen molar-refractivity contribution < 1.29 is 23.9 Å². The molecule has 0 aromatic heterocycles. The number of rotatable bonds is 22. The maximum Gasteiger partial charge on any atom is 0.303 e. The van der Waals surface area contributed by atoms with Crippen LogP contribution in [0.1, 0.15) is 62.9 Å². The molecule has 0 saturated heterocycles. The lowest BCUT2D eigenvalue weighted by atomic mass is 9.96. The fraction of sp³-hybridized carbons (Fsp3) is 0.667. The van der Waals surface area contributed by atoms with Gasteiger partial charge in [-0.1, -0.05) is 37.6 Å². The monoisotopic (exact) mass is 549 g/mol. The summed E-state index contributed by atoms with van der Waals surface area (Å²) in [5.74, 6) is -1.34. The second kappa shape index (κ2) is 18.4. The number of benzene rings is 1. The maximum absolute atomic E-state index is 12.7. The van der Waals surface area contributed by atoms with Gasteiger partial charge in [0.05, 0.1) is 43.2 Å². The average Bonchev–Trinajstić information content (AvgIpc) is 2.94. The molecule has 0 spiro atoms. The van der Waals surface area contributed by atoms with Crippen LogP contribution in [0.2, 0.25) is 0 Å². The van der Waals surface area contributed by atoms with Crippen molar-refractivity contribution in [3.8, 4) is 0 Å². The Morgan fingerprint density at radius 3 is 2.28 bits per heavy atom. The lowest BCUT2D eigenvalue weighted by Crippen LogP contribution is -2.55. The molecule has 0 bridgehead atoms. The second-order valence-electron chi connectivity index (χ2n) is 9.77. The molecule has 39 heavy (non-hydrogen) atoms. The molecule has 1 aromatic carbocycles. The number of carbonyl (C=O) groups excluding carboxylic acids is 3. The van der Waals surface area contributed by atoms with Crippen LogP contribution >= 0.6 is 0 Å². The average molecular weight is 550 g/mol. The van der Waals surface area contributed by atoms with Gasteiger partial charge in [-0.3, -0.25) is 19.7 Å². The van der Waals surface area contributed by atoms with Crippen molar-refractivity contribution in [2.45, 2.75) is 71.0 Å². The first-order chi connectivity index (χ1) is 18.6. The minimum Gasteiger partial charge on any atom is -0.377 e. The number of nitrogens with zero attached hydrogens (tertiary/aromatic N) is 3. The van der Waals surface area contributed by atoms with Gasteiger partial charge < -0.3 is 14.8 Å². The van der Waals surface area contributed by atoms with Gasteiger partial charge in [-0.25, -0.2) is 5.01 Å². The highest BCUT2D eigenvalue weighted by Crippen LogP contribution is 2.13. The number of nitrogens with one attached hydrogen (secondary N) is 2. The van der Waals surface area contributed by atoms with Gasteiger partial charge in [0.1, 0.15) is 12.6 Å². The zero-order valence-corrected chi connectivity index (χ0v) is 23.7. The molecule has 0 saturated carbocycles. The maximum atomic E-state index is 12.7. The molecule has 12 nitrogen and oxygen atoms in total. The van der Waals surface area contributed by atoms with Gasteiger partial charge in [-0.05, 0) is 59.2 Å². The third-order valence-electron chi connectivity index (χ3n) is 6.44. The molecule has 2 unspecified atom stereocenters. The molecule has 218 valence electrons. The van der Waals surface area contributed by atoms with Crippen LogP contribution in [-0.2, 0) is 25.5 Å². The van der Waals surface area contributed by atoms with E-state index in [0.717, 1.165) is 30.0 Å². The smallest absolute Gasteiger partial charge is 0.303 e. The zero-order chi connectivity index (χ0) is 29.3. The molecule has 0 aliphatic heterocycles. The number of unbranched alkanes of at least 4 members (excludes halogenated alkanes) is 1. The van der Waals surface area contributed by atoms with E-state index in [-0.39, 0.29) is 44.5 Å². The molecule has 1 rings (SSSR count). The molecular weight excluding hydrogens is 506 g/mol. The third kappa shape index (κ3) is 12.2. The second-order valence-corrected chi connectivity index (χ2v) is 9.77. The Bertz CT molecular complexity index is 924. The van der Waals surface area contributed by atoms with E-state index in [1.54, 1.807) is 32.9 Å². The fourth-order valence-electron chi connectivity index (χ4n) is 3.80. The first kappa shape index (κ1) is 34.1. The quantitative estimate of drug-likeness (QED) is 0.0954. The van der Waals surface area contributed by atoms with Crippen LogP contribution in [0.3, 0.4) is 0 Å². The van der Waals surface area contributed by atoms with Crippen molar-refractivity contribution in [2.75, 3.05) is 46.6 Å². The van der Waals surface area contributed by atoms with Gasteiger partial charge in [-0.15, -0.1) is 9.81 Å². The summed E-state index contributed by atoms with van der Waals surface area (Å²) in [6.07, 6.45) is 2.77. The summed E-state index contributed by atoms with van der Waals surface area (Å²) in [5.41, 5.74) is 0.522. The normalized spacial score (nSPS) is 12.9. The van der Waals surface area contributed by atoms with E-state index >= 15 is 0 Å². The van der Waals surface area contributed by atoms with Crippen LogP contribution in [0.5, 0.6) is 0 Å². The van der Waals surface area contributed by atoms with Crippen LogP contribution in [0.4, 0.5) is 0 Å². The summed E-state index contributed by atoms with van der Waals surface area (Å²) in [6.45, 7) is 7.99. The minimum atomic E-state index is -1.11. The molecule has 0 fully saturated rings. The first-order valence-electron chi connectivity index (χ1n) is 13.3. The van der Waals surface area contributed by atoms with E-state index in [1.165, 1.54) is 0 Å². The predicted molar refractivity (Wildman–Crippen MR) is 148 cm³/mol.